The van der Waals surface area contributed by atoms with Gasteiger partial charge in [0.1, 0.15) is 12.6 Å². The Hall–Kier alpha value is -2.42. The van der Waals surface area contributed by atoms with Gasteiger partial charge in [0, 0.05) is 7.05 Å². The van der Waals surface area contributed by atoms with Gasteiger partial charge in [0.15, 0.2) is 17.0 Å². The average Bonchev–Trinajstić information content (AvgIpc) is 2.98. The Morgan fingerprint density at radius 1 is 1.27 bits per heavy atom. The molecule has 0 saturated heterocycles. The van der Waals surface area contributed by atoms with E-state index < -0.39 is 23.3 Å². The lowest BCUT2D eigenvalue weighted by Gasteiger charge is -2.20. The zero-order valence-electron chi connectivity index (χ0n) is 16.1. The molecule has 0 saturated carbocycles. The summed E-state index contributed by atoms with van der Waals surface area (Å²) in [5.74, 6) is 0.132. The van der Waals surface area contributed by atoms with Gasteiger partial charge >= 0.3 is 11.7 Å². The number of hydrogen-bond donors (Lipinski definition) is 2. The fraction of sp³-hybridized carbons (Fsp3) is 0.647. The van der Waals surface area contributed by atoms with Crippen molar-refractivity contribution in [3.63, 3.8) is 0 Å². The van der Waals surface area contributed by atoms with Crippen molar-refractivity contribution in [1.82, 2.24) is 19.1 Å². The summed E-state index contributed by atoms with van der Waals surface area (Å²) in [6.45, 7) is 8.37. The largest absolute Gasteiger partial charge is 0.467 e. The SMILES string of the molecule is CCC[NH+](CCC)Cc1nc2c(c(=O)[nH]c(=O)n2C)n1[C@@H](C)C(=O)OC. The van der Waals surface area contributed by atoms with E-state index in [1.54, 1.807) is 18.5 Å². The van der Waals surface area contributed by atoms with Gasteiger partial charge in [-0.2, -0.15) is 0 Å². The van der Waals surface area contributed by atoms with Gasteiger partial charge in [0.05, 0.1) is 20.2 Å². The van der Waals surface area contributed by atoms with E-state index in [1.165, 1.54) is 16.6 Å². The number of fused-ring (bicyclic) bond motifs is 1. The zero-order chi connectivity index (χ0) is 19.4. The Labute approximate surface area is 151 Å². The minimum Gasteiger partial charge on any atom is -0.467 e. The first kappa shape index (κ1) is 19.9. The van der Waals surface area contributed by atoms with Gasteiger partial charge in [-0.1, -0.05) is 13.8 Å². The molecule has 2 N–H and O–H groups in total. The Kier molecular flexibility index (Phi) is 6.36. The maximum absolute atomic E-state index is 12.4. The molecule has 2 aromatic heterocycles. The van der Waals surface area contributed by atoms with E-state index >= 15 is 0 Å². The highest BCUT2D eigenvalue weighted by atomic mass is 16.5. The summed E-state index contributed by atoms with van der Waals surface area (Å²) >= 11 is 0. The third-order valence-electron chi connectivity index (χ3n) is 4.57. The first-order chi connectivity index (χ1) is 12.3. The number of esters is 1. The molecule has 0 unspecified atom stereocenters. The second kappa shape index (κ2) is 8.31. The van der Waals surface area contributed by atoms with Crippen LogP contribution in [0.2, 0.25) is 0 Å². The van der Waals surface area contributed by atoms with Crippen LogP contribution in [0.25, 0.3) is 11.2 Å². The summed E-state index contributed by atoms with van der Waals surface area (Å²) in [5.41, 5.74) is -0.593. The van der Waals surface area contributed by atoms with Crippen molar-refractivity contribution in [3.8, 4) is 0 Å². The number of carbonyl (C=O) groups is 1. The standard InChI is InChI=1S/C17H27N5O4/c1-6-8-21(9-7-2)10-12-18-14-13(15(23)19-17(25)20(14)4)22(12)11(3)16(24)26-5/h11H,6-10H2,1-5H3,(H,19,23,25)/p+1/t11-/m0/s1. The number of H-pyrrole nitrogens is 1. The number of imidazole rings is 1. The summed E-state index contributed by atoms with van der Waals surface area (Å²) in [6, 6.07) is -0.719. The number of nitrogens with zero attached hydrogens (tertiary/aromatic N) is 3. The molecule has 0 fully saturated rings. The Morgan fingerprint density at radius 3 is 2.42 bits per heavy atom. The van der Waals surface area contributed by atoms with Crippen LogP contribution in [0.15, 0.2) is 9.59 Å². The summed E-state index contributed by atoms with van der Waals surface area (Å²) in [5, 5.41) is 0. The normalized spacial score (nSPS) is 12.7. The van der Waals surface area contributed by atoms with Crippen molar-refractivity contribution in [2.45, 2.75) is 46.2 Å². The molecule has 0 aliphatic carbocycles. The number of aromatic amines is 1. The van der Waals surface area contributed by atoms with Crippen molar-refractivity contribution in [2.24, 2.45) is 7.05 Å². The number of rotatable bonds is 8. The summed E-state index contributed by atoms with van der Waals surface area (Å²) < 4.78 is 7.75. The molecule has 0 aliphatic rings. The fourth-order valence-electron chi connectivity index (χ4n) is 3.30. The highest BCUT2D eigenvalue weighted by Crippen LogP contribution is 2.18. The van der Waals surface area contributed by atoms with E-state index in [-0.39, 0.29) is 11.2 Å². The van der Waals surface area contributed by atoms with Crippen LogP contribution in [0.3, 0.4) is 0 Å². The van der Waals surface area contributed by atoms with Crippen molar-refractivity contribution in [2.75, 3.05) is 20.2 Å². The highest BCUT2D eigenvalue weighted by Gasteiger charge is 2.27. The molecule has 2 aromatic rings. The lowest BCUT2D eigenvalue weighted by Crippen LogP contribution is -3.10. The number of aryl methyl sites for hydroxylation is 1. The first-order valence-corrected chi connectivity index (χ1v) is 8.97. The van der Waals surface area contributed by atoms with Gasteiger partial charge in [-0.15, -0.1) is 0 Å². The number of ether oxygens (including phenoxy) is 1. The van der Waals surface area contributed by atoms with Crippen LogP contribution in [0, 0.1) is 0 Å². The first-order valence-electron chi connectivity index (χ1n) is 8.97. The maximum atomic E-state index is 12.4. The van der Waals surface area contributed by atoms with Gasteiger partial charge in [-0.05, 0) is 19.8 Å². The van der Waals surface area contributed by atoms with Crippen molar-refractivity contribution in [1.29, 1.82) is 0 Å². The number of aromatic nitrogens is 4. The number of nitrogens with one attached hydrogen (secondary N) is 2. The Bertz CT molecular complexity index is 889. The van der Waals surface area contributed by atoms with E-state index in [0.29, 0.717) is 12.4 Å². The molecule has 26 heavy (non-hydrogen) atoms. The smallest absolute Gasteiger partial charge is 0.329 e. The molecule has 0 bridgehead atoms. The summed E-state index contributed by atoms with van der Waals surface area (Å²) in [4.78, 5) is 44.7. The minimum atomic E-state index is -0.719. The molecular weight excluding hydrogens is 338 g/mol. The summed E-state index contributed by atoms with van der Waals surface area (Å²) in [7, 11) is 2.86. The van der Waals surface area contributed by atoms with Crippen LogP contribution < -0.4 is 16.1 Å². The van der Waals surface area contributed by atoms with Gasteiger partial charge in [0.25, 0.3) is 5.56 Å². The molecule has 144 valence electrons. The number of quaternary nitrogens is 1. The molecule has 0 aliphatic heterocycles. The topological polar surface area (TPSA) is 103 Å². The van der Waals surface area contributed by atoms with Crippen molar-refractivity contribution >= 4 is 17.1 Å². The van der Waals surface area contributed by atoms with Crippen LogP contribution in [0.1, 0.15) is 45.5 Å². The molecule has 0 amide bonds. The molecule has 9 heteroatoms. The van der Waals surface area contributed by atoms with E-state index in [4.69, 9.17) is 4.74 Å². The Morgan fingerprint density at radius 2 is 1.88 bits per heavy atom. The fourth-order valence-corrected chi connectivity index (χ4v) is 3.30. The molecule has 1 atom stereocenters. The highest BCUT2D eigenvalue weighted by molar-refractivity contribution is 5.78. The predicted molar refractivity (Wildman–Crippen MR) is 97.3 cm³/mol. The number of hydrogen-bond acceptors (Lipinski definition) is 5. The lowest BCUT2D eigenvalue weighted by atomic mass is 10.3. The molecule has 2 heterocycles. The van der Waals surface area contributed by atoms with E-state index in [9.17, 15) is 14.4 Å². The molecule has 0 spiro atoms. The van der Waals surface area contributed by atoms with Gasteiger partial charge in [-0.3, -0.25) is 14.3 Å². The van der Waals surface area contributed by atoms with Crippen LogP contribution in [-0.2, 0) is 23.1 Å². The predicted octanol–water partition coefficient (Wildman–Crippen LogP) is -0.638. The minimum absolute atomic E-state index is 0.215. The van der Waals surface area contributed by atoms with Crippen molar-refractivity contribution in [3.05, 3.63) is 26.7 Å². The van der Waals surface area contributed by atoms with E-state index in [2.05, 4.69) is 23.8 Å². The van der Waals surface area contributed by atoms with Gasteiger partial charge in [-0.25, -0.2) is 14.6 Å². The summed E-state index contributed by atoms with van der Waals surface area (Å²) in [6.07, 6.45) is 2.03. The van der Waals surface area contributed by atoms with Crippen LogP contribution >= 0.6 is 0 Å². The van der Waals surface area contributed by atoms with Crippen LogP contribution in [0.4, 0.5) is 0 Å². The Balaban J connectivity index is 2.69. The molecular formula is C17H28N5O4+. The molecule has 9 nitrogen and oxygen atoms in total. The van der Waals surface area contributed by atoms with Gasteiger partial charge < -0.3 is 14.2 Å². The second-order valence-corrected chi connectivity index (χ2v) is 6.51. The second-order valence-electron chi connectivity index (χ2n) is 6.51. The third kappa shape index (κ3) is 3.72. The average molecular weight is 366 g/mol. The van der Waals surface area contributed by atoms with Gasteiger partial charge in [0.2, 0.25) is 0 Å². The number of methoxy groups -OCH3 is 1. The monoisotopic (exact) mass is 366 g/mol. The maximum Gasteiger partial charge on any atom is 0.329 e. The zero-order valence-corrected chi connectivity index (χ0v) is 16.1. The van der Waals surface area contributed by atoms with Crippen LogP contribution in [0.5, 0.6) is 0 Å². The van der Waals surface area contributed by atoms with Crippen LogP contribution in [-0.4, -0.2) is 45.3 Å². The molecule has 0 radical (unpaired) electrons. The van der Waals surface area contributed by atoms with E-state index in [0.717, 1.165) is 25.9 Å². The molecule has 2 rings (SSSR count). The van der Waals surface area contributed by atoms with E-state index in [1.807, 2.05) is 0 Å². The number of carbonyl (C=O) groups excluding carboxylic acids is 1. The third-order valence-corrected chi connectivity index (χ3v) is 4.57. The lowest BCUT2D eigenvalue weighted by molar-refractivity contribution is -0.914. The molecule has 0 aromatic carbocycles. The quantitative estimate of drug-likeness (QED) is 0.605. The van der Waals surface area contributed by atoms with Crippen molar-refractivity contribution < 1.29 is 14.4 Å².